The van der Waals surface area contributed by atoms with E-state index in [2.05, 4.69) is 54.9 Å². The number of benzene rings is 1. The summed E-state index contributed by atoms with van der Waals surface area (Å²) in [6.07, 6.45) is 4.32. The molecule has 1 heterocycles. The summed E-state index contributed by atoms with van der Waals surface area (Å²) < 4.78 is 0. The molecule has 2 rings (SSSR count). The van der Waals surface area contributed by atoms with E-state index in [1.165, 1.54) is 16.7 Å². The summed E-state index contributed by atoms with van der Waals surface area (Å²) in [6, 6.07) is 8.52. The molecule has 0 amide bonds. The Morgan fingerprint density at radius 3 is 3.00 bits per heavy atom. The SMILES string of the molecule is C=C(C)CN1C=Cc2ccccc2C1. The van der Waals surface area contributed by atoms with E-state index in [4.69, 9.17) is 0 Å². The normalized spacial score (nSPS) is 13.9. The van der Waals surface area contributed by atoms with E-state index < -0.39 is 0 Å². The molecule has 14 heavy (non-hydrogen) atoms. The van der Waals surface area contributed by atoms with Gasteiger partial charge in [0.15, 0.2) is 0 Å². The van der Waals surface area contributed by atoms with Crippen molar-refractivity contribution in [2.45, 2.75) is 13.5 Å². The fourth-order valence-corrected chi connectivity index (χ4v) is 1.75. The molecule has 1 aliphatic heterocycles. The summed E-state index contributed by atoms with van der Waals surface area (Å²) in [5.74, 6) is 0. The van der Waals surface area contributed by atoms with Gasteiger partial charge >= 0.3 is 0 Å². The van der Waals surface area contributed by atoms with Crippen molar-refractivity contribution >= 4 is 6.08 Å². The summed E-state index contributed by atoms with van der Waals surface area (Å²) in [5, 5.41) is 0. The summed E-state index contributed by atoms with van der Waals surface area (Å²) in [6.45, 7) is 7.94. The van der Waals surface area contributed by atoms with Crippen LogP contribution in [0.15, 0.2) is 42.6 Å². The van der Waals surface area contributed by atoms with Gasteiger partial charge in [0.05, 0.1) is 0 Å². The van der Waals surface area contributed by atoms with Gasteiger partial charge in [-0.2, -0.15) is 0 Å². The van der Waals surface area contributed by atoms with Crippen LogP contribution in [0.4, 0.5) is 0 Å². The van der Waals surface area contributed by atoms with E-state index in [1.54, 1.807) is 0 Å². The highest BCUT2D eigenvalue weighted by Crippen LogP contribution is 2.19. The predicted molar refractivity (Wildman–Crippen MR) is 60.7 cm³/mol. The topological polar surface area (TPSA) is 3.24 Å². The molecule has 0 radical (unpaired) electrons. The molecule has 1 aliphatic rings. The van der Waals surface area contributed by atoms with Crippen molar-refractivity contribution in [2.75, 3.05) is 6.54 Å². The Labute approximate surface area is 85.4 Å². The molecule has 0 N–H and O–H groups in total. The molecule has 0 aliphatic carbocycles. The van der Waals surface area contributed by atoms with Crippen LogP contribution in [0.25, 0.3) is 6.08 Å². The third-order valence-corrected chi connectivity index (χ3v) is 2.37. The van der Waals surface area contributed by atoms with Crippen LogP contribution in [0.3, 0.4) is 0 Å². The Bertz CT molecular complexity index is 377. The third-order valence-electron chi connectivity index (χ3n) is 2.37. The molecule has 0 fully saturated rings. The maximum atomic E-state index is 3.93. The molecule has 0 saturated carbocycles. The van der Waals surface area contributed by atoms with E-state index in [9.17, 15) is 0 Å². The van der Waals surface area contributed by atoms with Gasteiger partial charge in [-0.25, -0.2) is 0 Å². The average molecular weight is 185 g/mol. The van der Waals surface area contributed by atoms with E-state index >= 15 is 0 Å². The maximum Gasteiger partial charge on any atom is 0.0433 e. The number of fused-ring (bicyclic) bond motifs is 1. The molecule has 0 aromatic heterocycles. The Kier molecular flexibility index (Phi) is 2.40. The van der Waals surface area contributed by atoms with Crippen LogP contribution < -0.4 is 0 Å². The van der Waals surface area contributed by atoms with Gasteiger partial charge in [-0.1, -0.05) is 36.4 Å². The van der Waals surface area contributed by atoms with Crippen molar-refractivity contribution in [1.29, 1.82) is 0 Å². The van der Waals surface area contributed by atoms with Gasteiger partial charge in [0.1, 0.15) is 0 Å². The molecule has 0 unspecified atom stereocenters. The van der Waals surface area contributed by atoms with Crippen LogP contribution in [0, 0.1) is 0 Å². The first-order valence-corrected chi connectivity index (χ1v) is 4.90. The second-order valence-electron chi connectivity index (χ2n) is 3.88. The Balaban J connectivity index is 2.17. The first-order chi connectivity index (χ1) is 6.75. The maximum absolute atomic E-state index is 3.93. The van der Waals surface area contributed by atoms with E-state index in [0.29, 0.717) is 0 Å². The van der Waals surface area contributed by atoms with Crippen molar-refractivity contribution in [1.82, 2.24) is 4.90 Å². The van der Waals surface area contributed by atoms with Crippen molar-refractivity contribution in [3.63, 3.8) is 0 Å². The fraction of sp³-hybridized carbons (Fsp3) is 0.231. The zero-order chi connectivity index (χ0) is 9.97. The molecule has 1 aromatic rings. The summed E-state index contributed by atoms with van der Waals surface area (Å²) in [4.78, 5) is 2.28. The predicted octanol–water partition coefficient (Wildman–Crippen LogP) is 3.05. The molecule has 1 aromatic carbocycles. The molecular weight excluding hydrogens is 170 g/mol. The lowest BCUT2D eigenvalue weighted by atomic mass is 10.0. The highest BCUT2D eigenvalue weighted by atomic mass is 15.1. The summed E-state index contributed by atoms with van der Waals surface area (Å²) in [7, 11) is 0. The number of rotatable bonds is 2. The quantitative estimate of drug-likeness (QED) is 0.640. The molecule has 1 nitrogen and oxygen atoms in total. The smallest absolute Gasteiger partial charge is 0.0433 e. The highest BCUT2D eigenvalue weighted by molar-refractivity contribution is 5.55. The standard InChI is InChI=1S/C13H15N/c1-11(2)9-14-8-7-12-5-3-4-6-13(12)10-14/h3-8H,1,9-10H2,2H3. The molecule has 0 spiro atoms. The minimum Gasteiger partial charge on any atom is -0.369 e. The van der Waals surface area contributed by atoms with Gasteiger partial charge in [-0.05, 0) is 24.1 Å². The molecule has 0 saturated heterocycles. The molecule has 0 atom stereocenters. The second-order valence-corrected chi connectivity index (χ2v) is 3.88. The first-order valence-electron chi connectivity index (χ1n) is 4.90. The van der Waals surface area contributed by atoms with E-state index in [0.717, 1.165) is 13.1 Å². The molecular formula is C13H15N. The van der Waals surface area contributed by atoms with Gasteiger partial charge in [0.2, 0.25) is 0 Å². The summed E-state index contributed by atoms with van der Waals surface area (Å²) in [5.41, 5.74) is 3.94. The van der Waals surface area contributed by atoms with Gasteiger partial charge in [0, 0.05) is 19.3 Å². The van der Waals surface area contributed by atoms with Crippen molar-refractivity contribution < 1.29 is 0 Å². The van der Waals surface area contributed by atoms with Crippen LogP contribution in [-0.4, -0.2) is 11.4 Å². The zero-order valence-corrected chi connectivity index (χ0v) is 8.53. The van der Waals surface area contributed by atoms with E-state index in [-0.39, 0.29) is 0 Å². The first kappa shape index (κ1) is 9.07. The van der Waals surface area contributed by atoms with Crippen LogP contribution in [0.1, 0.15) is 18.1 Å². The Morgan fingerprint density at radius 2 is 2.21 bits per heavy atom. The third kappa shape index (κ3) is 1.87. The number of nitrogens with zero attached hydrogens (tertiary/aromatic N) is 1. The average Bonchev–Trinajstić information content (AvgIpc) is 2.17. The molecule has 0 bridgehead atoms. The van der Waals surface area contributed by atoms with Crippen molar-refractivity contribution in [3.05, 3.63) is 53.7 Å². The van der Waals surface area contributed by atoms with E-state index in [1.807, 2.05) is 0 Å². The Hall–Kier alpha value is -1.50. The monoisotopic (exact) mass is 185 g/mol. The largest absolute Gasteiger partial charge is 0.369 e. The summed E-state index contributed by atoms with van der Waals surface area (Å²) >= 11 is 0. The van der Waals surface area contributed by atoms with Gasteiger partial charge < -0.3 is 4.90 Å². The molecule has 72 valence electrons. The van der Waals surface area contributed by atoms with Gasteiger partial charge in [0.25, 0.3) is 0 Å². The van der Waals surface area contributed by atoms with Crippen LogP contribution in [0.5, 0.6) is 0 Å². The van der Waals surface area contributed by atoms with Crippen molar-refractivity contribution in [2.24, 2.45) is 0 Å². The lowest BCUT2D eigenvalue weighted by Gasteiger charge is -2.25. The second kappa shape index (κ2) is 3.70. The highest BCUT2D eigenvalue weighted by Gasteiger charge is 2.08. The number of hydrogen-bond donors (Lipinski definition) is 0. The lowest BCUT2D eigenvalue weighted by molar-refractivity contribution is 0.398. The van der Waals surface area contributed by atoms with Crippen LogP contribution in [-0.2, 0) is 6.54 Å². The number of hydrogen-bond acceptors (Lipinski definition) is 1. The van der Waals surface area contributed by atoms with Crippen LogP contribution in [0.2, 0.25) is 0 Å². The van der Waals surface area contributed by atoms with Crippen LogP contribution >= 0.6 is 0 Å². The minimum atomic E-state index is 0.949. The van der Waals surface area contributed by atoms with Gasteiger partial charge in [-0.3, -0.25) is 0 Å². The fourth-order valence-electron chi connectivity index (χ4n) is 1.75. The molecule has 1 heteroatoms. The lowest BCUT2D eigenvalue weighted by Crippen LogP contribution is -2.21. The van der Waals surface area contributed by atoms with Gasteiger partial charge in [-0.15, -0.1) is 0 Å². The Morgan fingerprint density at radius 1 is 1.43 bits per heavy atom. The minimum absolute atomic E-state index is 0.949. The van der Waals surface area contributed by atoms with Crippen molar-refractivity contribution in [3.8, 4) is 0 Å². The zero-order valence-electron chi connectivity index (χ0n) is 8.53.